The van der Waals surface area contributed by atoms with Crippen molar-refractivity contribution in [3.05, 3.63) is 64.0 Å². The number of anilines is 1. The molecule has 0 radical (unpaired) electrons. The monoisotopic (exact) mass is 380 g/mol. The number of thiazole rings is 1. The zero-order valence-corrected chi connectivity index (χ0v) is 16.4. The zero-order chi connectivity index (χ0) is 19.6. The second-order valence-electron chi connectivity index (χ2n) is 6.36. The van der Waals surface area contributed by atoms with Gasteiger partial charge in [-0.2, -0.15) is 0 Å². The van der Waals surface area contributed by atoms with Gasteiger partial charge >= 0.3 is 5.97 Å². The highest BCUT2D eigenvalue weighted by Crippen LogP contribution is 2.29. The summed E-state index contributed by atoms with van der Waals surface area (Å²) in [6.45, 7) is 7.56. The first-order chi connectivity index (χ1) is 12.8. The van der Waals surface area contributed by atoms with Crippen molar-refractivity contribution >= 4 is 28.3 Å². The third kappa shape index (κ3) is 4.41. The highest BCUT2D eigenvalue weighted by Gasteiger charge is 2.12. The minimum absolute atomic E-state index is 0.262. The van der Waals surface area contributed by atoms with Crippen molar-refractivity contribution < 1.29 is 14.3 Å². The maximum absolute atomic E-state index is 12.4. The van der Waals surface area contributed by atoms with E-state index >= 15 is 0 Å². The van der Waals surface area contributed by atoms with Crippen LogP contribution in [-0.2, 0) is 4.79 Å². The Bertz CT molecular complexity index is 1010. The van der Waals surface area contributed by atoms with Gasteiger partial charge in [0.15, 0.2) is 5.13 Å². The fraction of sp³-hybridized carbons (Fsp3) is 0.190. The molecule has 1 aromatic heterocycles. The second-order valence-corrected chi connectivity index (χ2v) is 7.22. The summed E-state index contributed by atoms with van der Waals surface area (Å²) in [5, 5.41) is 5.29. The first-order valence-electron chi connectivity index (χ1n) is 8.47. The lowest BCUT2D eigenvalue weighted by Gasteiger charge is -2.07. The van der Waals surface area contributed by atoms with Crippen LogP contribution < -0.4 is 10.1 Å². The summed E-state index contributed by atoms with van der Waals surface area (Å²) in [5.41, 5.74) is 5.99. The summed E-state index contributed by atoms with van der Waals surface area (Å²) in [6, 6.07) is 10.7. The summed E-state index contributed by atoms with van der Waals surface area (Å²) in [5.74, 6) is -0.257. The van der Waals surface area contributed by atoms with Gasteiger partial charge in [-0.3, -0.25) is 14.9 Å². The van der Waals surface area contributed by atoms with Gasteiger partial charge in [0.25, 0.3) is 5.91 Å². The Morgan fingerprint density at radius 2 is 1.67 bits per heavy atom. The van der Waals surface area contributed by atoms with Crippen LogP contribution in [0, 0.1) is 20.8 Å². The first-order valence-corrected chi connectivity index (χ1v) is 9.35. The number of aromatic nitrogens is 1. The molecule has 0 unspecified atom stereocenters. The van der Waals surface area contributed by atoms with Crippen LogP contribution in [0.1, 0.15) is 34.0 Å². The molecular formula is C21H20N2O3S. The van der Waals surface area contributed by atoms with Crippen molar-refractivity contribution in [1.29, 1.82) is 0 Å². The van der Waals surface area contributed by atoms with Crippen molar-refractivity contribution in [2.24, 2.45) is 0 Å². The van der Waals surface area contributed by atoms with E-state index in [-0.39, 0.29) is 5.91 Å². The van der Waals surface area contributed by atoms with E-state index < -0.39 is 5.97 Å². The minimum atomic E-state index is -0.399. The summed E-state index contributed by atoms with van der Waals surface area (Å²) in [4.78, 5) is 27.9. The maximum atomic E-state index is 12.4. The molecule has 0 fully saturated rings. The SMILES string of the molecule is CC(=O)Oc1ccc(C(=O)Nc2nc(-c3cc(C)c(C)cc3C)cs2)cc1. The highest BCUT2D eigenvalue weighted by molar-refractivity contribution is 7.14. The van der Waals surface area contributed by atoms with Crippen LogP contribution in [0.15, 0.2) is 41.8 Å². The molecule has 0 atom stereocenters. The quantitative estimate of drug-likeness (QED) is 0.516. The lowest BCUT2D eigenvalue weighted by atomic mass is 9.99. The van der Waals surface area contributed by atoms with Crippen molar-refractivity contribution in [1.82, 2.24) is 4.98 Å². The average Bonchev–Trinajstić information content (AvgIpc) is 3.06. The van der Waals surface area contributed by atoms with Gasteiger partial charge in [-0.1, -0.05) is 6.07 Å². The Labute approximate surface area is 162 Å². The number of nitrogens with one attached hydrogen (secondary N) is 1. The Hall–Kier alpha value is -2.99. The number of rotatable bonds is 4. The molecule has 0 aliphatic heterocycles. The fourth-order valence-electron chi connectivity index (χ4n) is 2.70. The van der Waals surface area contributed by atoms with E-state index in [0.29, 0.717) is 16.4 Å². The van der Waals surface area contributed by atoms with Crippen molar-refractivity contribution in [3.63, 3.8) is 0 Å². The van der Waals surface area contributed by atoms with Crippen molar-refractivity contribution in [2.45, 2.75) is 27.7 Å². The van der Waals surface area contributed by atoms with Gasteiger partial charge < -0.3 is 4.74 Å². The molecule has 0 saturated heterocycles. The standard InChI is InChI=1S/C21H20N2O3S/c1-12-9-14(3)18(10-13(12)2)19-11-27-21(22-19)23-20(25)16-5-7-17(8-6-16)26-15(4)24/h5-11H,1-4H3,(H,22,23,25). The van der Waals surface area contributed by atoms with Gasteiger partial charge in [-0.25, -0.2) is 4.98 Å². The number of amides is 1. The van der Waals surface area contributed by atoms with Gasteiger partial charge in [-0.15, -0.1) is 11.3 Å². The van der Waals surface area contributed by atoms with E-state index in [1.165, 1.54) is 29.4 Å². The van der Waals surface area contributed by atoms with Crippen LogP contribution in [0.2, 0.25) is 0 Å². The van der Waals surface area contributed by atoms with Gasteiger partial charge in [-0.05, 0) is 67.8 Å². The summed E-state index contributed by atoms with van der Waals surface area (Å²) in [6.07, 6.45) is 0. The summed E-state index contributed by atoms with van der Waals surface area (Å²) in [7, 11) is 0. The Morgan fingerprint density at radius 3 is 2.33 bits per heavy atom. The molecule has 3 rings (SSSR count). The van der Waals surface area contributed by atoms with Crippen molar-refractivity contribution in [2.75, 3.05) is 5.32 Å². The number of hydrogen-bond donors (Lipinski definition) is 1. The molecule has 0 aliphatic carbocycles. The van der Waals surface area contributed by atoms with E-state index in [2.05, 4.69) is 43.2 Å². The van der Waals surface area contributed by atoms with E-state index in [1.54, 1.807) is 24.3 Å². The Morgan fingerprint density at radius 1 is 1.00 bits per heavy atom. The maximum Gasteiger partial charge on any atom is 0.308 e. The largest absolute Gasteiger partial charge is 0.427 e. The first kappa shape index (κ1) is 18.8. The molecule has 0 saturated carbocycles. The molecule has 2 aromatic carbocycles. The van der Waals surface area contributed by atoms with Crippen LogP contribution in [-0.4, -0.2) is 16.9 Å². The highest BCUT2D eigenvalue weighted by atomic mass is 32.1. The Kier molecular flexibility index (Phi) is 5.37. The summed E-state index contributed by atoms with van der Waals surface area (Å²) < 4.78 is 4.97. The van der Waals surface area contributed by atoms with Gasteiger partial charge in [0, 0.05) is 23.4 Å². The van der Waals surface area contributed by atoms with Crippen molar-refractivity contribution in [3.8, 4) is 17.0 Å². The molecular weight excluding hydrogens is 360 g/mol. The van der Waals surface area contributed by atoms with E-state index in [1.807, 2.05) is 5.38 Å². The number of carbonyl (C=O) groups excluding carboxylic acids is 2. The van der Waals surface area contributed by atoms with Gasteiger partial charge in [0.05, 0.1) is 5.69 Å². The van der Waals surface area contributed by atoms with Crippen LogP contribution in [0.25, 0.3) is 11.3 Å². The molecule has 6 heteroatoms. The molecule has 1 heterocycles. The molecule has 0 bridgehead atoms. The predicted octanol–water partition coefficient (Wildman–Crippen LogP) is 4.91. The van der Waals surface area contributed by atoms with Crippen LogP contribution >= 0.6 is 11.3 Å². The number of benzene rings is 2. The number of nitrogens with zero attached hydrogens (tertiary/aromatic N) is 1. The molecule has 1 N–H and O–H groups in total. The smallest absolute Gasteiger partial charge is 0.308 e. The summed E-state index contributed by atoms with van der Waals surface area (Å²) >= 11 is 1.39. The molecule has 27 heavy (non-hydrogen) atoms. The van der Waals surface area contributed by atoms with Crippen LogP contribution in [0.3, 0.4) is 0 Å². The minimum Gasteiger partial charge on any atom is -0.427 e. The molecule has 5 nitrogen and oxygen atoms in total. The number of ether oxygens (including phenoxy) is 1. The normalized spacial score (nSPS) is 10.5. The van der Waals surface area contributed by atoms with Gasteiger partial charge in [0.2, 0.25) is 0 Å². The van der Waals surface area contributed by atoms with Gasteiger partial charge in [0.1, 0.15) is 5.75 Å². The molecule has 138 valence electrons. The molecule has 0 aliphatic rings. The number of hydrogen-bond acceptors (Lipinski definition) is 5. The second kappa shape index (κ2) is 7.72. The van der Waals surface area contributed by atoms with Crippen LogP contribution in [0.4, 0.5) is 5.13 Å². The number of esters is 1. The molecule has 1 amide bonds. The lowest BCUT2D eigenvalue weighted by Crippen LogP contribution is -2.11. The third-order valence-corrected chi connectivity index (χ3v) is 4.98. The topological polar surface area (TPSA) is 68.3 Å². The third-order valence-electron chi connectivity index (χ3n) is 4.22. The molecule has 3 aromatic rings. The molecule has 0 spiro atoms. The van der Waals surface area contributed by atoms with E-state index in [4.69, 9.17) is 4.74 Å². The predicted molar refractivity (Wildman–Crippen MR) is 107 cm³/mol. The average molecular weight is 380 g/mol. The van der Waals surface area contributed by atoms with Crippen LogP contribution in [0.5, 0.6) is 5.75 Å². The van der Waals surface area contributed by atoms with E-state index in [0.717, 1.165) is 16.8 Å². The zero-order valence-electron chi connectivity index (χ0n) is 15.6. The fourth-order valence-corrected chi connectivity index (χ4v) is 3.41. The lowest BCUT2D eigenvalue weighted by molar-refractivity contribution is -0.131. The number of aryl methyl sites for hydroxylation is 3. The Balaban J connectivity index is 1.75. The number of carbonyl (C=O) groups is 2. The van der Waals surface area contributed by atoms with E-state index in [9.17, 15) is 9.59 Å².